The molecule has 1 amide bonds. The number of nitrogens with zero attached hydrogens (tertiary/aromatic N) is 4. The molecule has 0 spiro atoms. The molecule has 9 nitrogen and oxygen atoms in total. The first-order valence-electron chi connectivity index (χ1n) is 13.2. The zero-order valence-electron chi connectivity index (χ0n) is 22.7. The van der Waals surface area contributed by atoms with Gasteiger partial charge in [-0.1, -0.05) is 30.0 Å². The van der Waals surface area contributed by atoms with Crippen molar-refractivity contribution in [2.45, 2.75) is 44.0 Å². The van der Waals surface area contributed by atoms with Crippen LogP contribution in [0.3, 0.4) is 0 Å². The Morgan fingerprint density at radius 1 is 1.03 bits per heavy atom. The summed E-state index contributed by atoms with van der Waals surface area (Å²) in [6.45, 7) is 9.14. The molecule has 0 bridgehead atoms. The van der Waals surface area contributed by atoms with Gasteiger partial charge in [-0.25, -0.2) is 9.97 Å². The van der Waals surface area contributed by atoms with Crippen molar-refractivity contribution in [1.82, 2.24) is 20.2 Å². The monoisotopic (exact) mass is 549 g/mol. The van der Waals surface area contributed by atoms with E-state index < -0.39 is 0 Å². The molecule has 10 heteroatoms. The fourth-order valence-corrected chi connectivity index (χ4v) is 5.45. The molecule has 2 aliphatic heterocycles. The van der Waals surface area contributed by atoms with Gasteiger partial charge in [0.1, 0.15) is 5.82 Å². The van der Waals surface area contributed by atoms with Crippen LogP contribution in [0.25, 0.3) is 0 Å². The van der Waals surface area contributed by atoms with Crippen LogP contribution in [0.15, 0.2) is 53.7 Å². The topological polar surface area (TPSA) is 89.0 Å². The van der Waals surface area contributed by atoms with Gasteiger partial charge in [-0.05, 0) is 49.2 Å². The van der Waals surface area contributed by atoms with E-state index in [0.29, 0.717) is 29.9 Å². The van der Waals surface area contributed by atoms with Crippen molar-refractivity contribution in [2.75, 3.05) is 45.0 Å². The lowest BCUT2D eigenvalue weighted by Gasteiger charge is -2.35. The Morgan fingerprint density at radius 2 is 1.85 bits per heavy atom. The Bertz CT molecular complexity index is 1300. The number of hydrogen-bond acceptors (Lipinski definition) is 9. The van der Waals surface area contributed by atoms with Crippen LogP contribution < -0.4 is 19.7 Å². The number of ether oxygens (including phenoxy) is 3. The third kappa shape index (κ3) is 7.20. The van der Waals surface area contributed by atoms with Gasteiger partial charge < -0.3 is 24.4 Å². The van der Waals surface area contributed by atoms with E-state index in [1.807, 2.05) is 50.2 Å². The van der Waals surface area contributed by atoms with Gasteiger partial charge in [0.2, 0.25) is 6.79 Å². The molecule has 39 heavy (non-hydrogen) atoms. The average molecular weight is 550 g/mol. The number of aromatic nitrogens is 2. The number of thioether (sulfide) groups is 1. The highest BCUT2D eigenvalue weighted by atomic mass is 32.2. The van der Waals surface area contributed by atoms with Gasteiger partial charge >= 0.3 is 0 Å². The summed E-state index contributed by atoms with van der Waals surface area (Å²) in [4.78, 5) is 26.8. The lowest BCUT2D eigenvalue weighted by molar-refractivity contribution is 0.0943. The van der Waals surface area contributed by atoms with Gasteiger partial charge in [-0.2, -0.15) is 0 Å². The zero-order chi connectivity index (χ0) is 27.2. The van der Waals surface area contributed by atoms with Gasteiger partial charge in [0.25, 0.3) is 5.91 Å². The number of nitrogens with one attached hydrogen (secondary N) is 1. The third-order valence-corrected chi connectivity index (χ3v) is 7.47. The molecule has 1 aromatic heterocycles. The molecule has 0 radical (unpaired) electrons. The van der Waals surface area contributed by atoms with E-state index in [1.54, 1.807) is 18.9 Å². The van der Waals surface area contributed by atoms with Crippen LogP contribution in [0, 0.1) is 0 Å². The summed E-state index contributed by atoms with van der Waals surface area (Å²) in [7, 11) is 1.68. The molecule has 206 valence electrons. The van der Waals surface area contributed by atoms with E-state index in [-0.39, 0.29) is 11.9 Å². The van der Waals surface area contributed by atoms with Crippen molar-refractivity contribution in [2.24, 2.45) is 0 Å². The Labute approximate surface area is 233 Å². The van der Waals surface area contributed by atoms with Crippen molar-refractivity contribution in [3.63, 3.8) is 0 Å². The summed E-state index contributed by atoms with van der Waals surface area (Å²) >= 11 is 1.57. The van der Waals surface area contributed by atoms with Crippen LogP contribution in [0.5, 0.6) is 11.5 Å². The van der Waals surface area contributed by atoms with Crippen LogP contribution in [0.1, 0.15) is 41.0 Å². The lowest BCUT2D eigenvalue weighted by atomic mass is 10.1. The molecule has 0 atom stereocenters. The molecule has 1 N–H and O–H groups in total. The third-order valence-electron chi connectivity index (χ3n) is 6.55. The molecular formula is C29H35N5O4S. The number of carbonyl (C=O) groups is 1. The summed E-state index contributed by atoms with van der Waals surface area (Å²) in [6.07, 6.45) is 0. The van der Waals surface area contributed by atoms with Crippen molar-refractivity contribution in [1.29, 1.82) is 0 Å². The molecule has 0 aliphatic carbocycles. The lowest BCUT2D eigenvalue weighted by Crippen LogP contribution is -2.46. The van der Waals surface area contributed by atoms with Crippen LogP contribution in [-0.4, -0.2) is 66.9 Å². The molecule has 1 saturated heterocycles. The summed E-state index contributed by atoms with van der Waals surface area (Å²) in [5.74, 6) is 3.18. The number of fused-ring (bicyclic) bond motifs is 1. The molecule has 3 heterocycles. The second-order valence-corrected chi connectivity index (χ2v) is 10.9. The number of hydrogen-bond donors (Lipinski definition) is 1. The fourth-order valence-electron chi connectivity index (χ4n) is 4.64. The number of methoxy groups -OCH3 is 1. The van der Waals surface area contributed by atoms with Crippen LogP contribution in [0.2, 0.25) is 0 Å². The Kier molecular flexibility index (Phi) is 8.85. The summed E-state index contributed by atoms with van der Waals surface area (Å²) in [5.41, 5.74) is 3.80. The highest BCUT2D eigenvalue weighted by molar-refractivity contribution is 7.98. The number of anilines is 1. The molecule has 1 fully saturated rings. The van der Waals surface area contributed by atoms with Gasteiger partial charge in [0.15, 0.2) is 16.7 Å². The second-order valence-electron chi connectivity index (χ2n) is 10.0. The Hall–Kier alpha value is -3.34. The first-order valence-corrected chi connectivity index (χ1v) is 14.2. The molecule has 5 rings (SSSR count). The molecular weight excluding hydrogens is 514 g/mol. The zero-order valence-corrected chi connectivity index (χ0v) is 23.5. The van der Waals surface area contributed by atoms with E-state index in [4.69, 9.17) is 24.2 Å². The van der Waals surface area contributed by atoms with Gasteiger partial charge in [0, 0.05) is 63.3 Å². The summed E-state index contributed by atoms with van der Waals surface area (Å²) in [5, 5.41) is 3.66. The molecule has 2 aliphatic rings. The standard InChI is InChI=1S/C29H35N5O4S/c1-20(2)30-28(35)23-6-4-5-22(13-23)18-39-29-31-24(17-36-3)15-27(32-29)34-11-9-33(10-12-34)16-21-7-8-25-26(14-21)38-19-37-25/h4-8,13-15,20H,9-12,16-19H2,1-3H3,(H,30,35). The first kappa shape index (κ1) is 27.2. The van der Waals surface area contributed by atoms with Gasteiger partial charge in [0.05, 0.1) is 12.3 Å². The number of rotatable bonds is 10. The van der Waals surface area contributed by atoms with Crippen molar-refractivity contribution < 1.29 is 19.0 Å². The molecule has 2 aromatic carbocycles. The first-order chi connectivity index (χ1) is 19.0. The van der Waals surface area contributed by atoms with Gasteiger partial charge in [-0.15, -0.1) is 0 Å². The minimum Gasteiger partial charge on any atom is -0.454 e. The predicted molar refractivity (Wildman–Crippen MR) is 151 cm³/mol. The molecule has 0 saturated carbocycles. The van der Waals surface area contributed by atoms with E-state index in [0.717, 1.165) is 61.3 Å². The highest BCUT2D eigenvalue weighted by Gasteiger charge is 2.21. The van der Waals surface area contributed by atoms with E-state index >= 15 is 0 Å². The summed E-state index contributed by atoms with van der Waals surface area (Å²) < 4.78 is 16.3. The van der Waals surface area contributed by atoms with E-state index in [1.165, 1.54) is 5.56 Å². The largest absolute Gasteiger partial charge is 0.454 e. The number of piperazine rings is 1. The number of benzene rings is 2. The highest BCUT2D eigenvalue weighted by Crippen LogP contribution is 2.33. The smallest absolute Gasteiger partial charge is 0.251 e. The molecule has 0 unspecified atom stereocenters. The van der Waals surface area contributed by atoms with Crippen molar-refractivity contribution in [3.05, 3.63) is 70.9 Å². The second kappa shape index (κ2) is 12.7. The summed E-state index contributed by atoms with van der Waals surface area (Å²) in [6, 6.07) is 16.0. The maximum Gasteiger partial charge on any atom is 0.251 e. The fraction of sp³-hybridized carbons (Fsp3) is 0.414. The SMILES string of the molecule is COCc1cc(N2CCN(Cc3ccc4c(c3)OCO4)CC2)nc(SCc2cccc(C(=O)NC(C)C)c2)n1. The van der Waals surface area contributed by atoms with Crippen molar-refractivity contribution >= 4 is 23.5 Å². The van der Waals surface area contributed by atoms with E-state index in [2.05, 4.69) is 27.2 Å². The van der Waals surface area contributed by atoms with Crippen LogP contribution in [0.4, 0.5) is 5.82 Å². The van der Waals surface area contributed by atoms with E-state index in [9.17, 15) is 4.79 Å². The Balaban J connectivity index is 1.21. The number of carbonyl (C=O) groups excluding carboxylic acids is 1. The predicted octanol–water partition coefficient (Wildman–Crippen LogP) is 4.10. The minimum absolute atomic E-state index is 0.0601. The Morgan fingerprint density at radius 3 is 2.64 bits per heavy atom. The van der Waals surface area contributed by atoms with Crippen LogP contribution in [-0.2, 0) is 23.6 Å². The average Bonchev–Trinajstić information content (AvgIpc) is 3.40. The molecule has 3 aromatic rings. The van der Waals surface area contributed by atoms with Crippen LogP contribution >= 0.6 is 11.8 Å². The van der Waals surface area contributed by atoms with Gasteiger partial charge in [-0.3, -0.25) is 9.69 Å². The number of amides is 1. The quantitative estimate of drug-likeness (QED) is 0.297. The maximum absolute atomic E-state index is 12.4. The normalized spacial score (nSPS) is 15.1. The van der Waals surface area contributed by atoms with Crippen molar-refractivity contribution in [3.8, 4) is 11.5 Å². The maximum atomic E-state index is 12.4. The minimum atomic E-state index is -0.0601.